The monoisotopic (exact) mass is 452 g/mol. The van der Waals surface area contributed by atoms with E-state index in [1.807, 2.05) is 28.8 Å². The Balaban J connectivity index is 1.48. The van der Waals surface area contributed by atoms with Crippen LogP contribution in [0.2, 0.25) is 0 Å². The third-order valence-electron chi connectivity index (χ3n) is 6.56. The molecule has 0 radical (unpaired) electrons. The van der Waals surface area contributed by atoms with E-state index in [1.165, 1.54) is 6.07 Å². The molecule has 5 rings (SSSR count). The zero-order chi connectivity index (χ0) is 23.5. The molecule has 3 aromatic rings. The first-order valence-corrected chi connectivity index (χ1v) is 11.3. The summed E-state index contributed by atoms with van der Waals surface area (Å²) in [6, 6.07) is 10.7. The molecule has 7 heteroatoms. The van der Waals surface area contributed by atoms with Crippen LogP contribution in [0.3, 0.4) is 0 Å². The Morgan fingerprint density at radius 3 is 2.58 bits per heavy atom. The maximum Gasteiger partial charge on any atom is 0.235 e. The SMILES string of the molecule is C[C@@H](O)Cn1c(C(C)(C)C)cc2cc(NC(=O)C3(c4ccc5c(c4)OCO5)CC3)c(F)cc21. The van der Waals surface area contributed by atoms with Crippen LogP contribution in [0.25, 0.3) is 10.9 Å². The number of carbonyl (C=O) groups is 1. The second-order valence-electron chi connectivity index (χ2n) is 10.2. The highest BCUT2D eigenvalue weighted by Gasteiger charge is 2.52. The fourth-order valence-corrected chi connectivity index (χ4v) is 4.67. The van der Waals surface area contributed by atoms with Gasteiger partial charge in [0.1, 0.15) is 5.82 Å². The molecule has 0 bridgehead atoms. The van der Waals surface area contributed by atoms with Gasteiger partial charge in [0.2, 0.25) is 12.7 Å². The van der Waals surface area contributed by atoms with Crippen LogP contribution in [0.4, 0.5) is 10.1 Å². The molecule has 1 fully saturated rings. The molecular formula is C26H29FN2O4. The normalized spacial score (nSPS) is 17.3. The van der Waals surface area contributed by atoms with Gasteiger partial charge in [0, 0.05) is 29.1 Å². The van der Waals surface area contributed by atoms with Gasteiger partial charge >= 0.3 is 0 Å². The summed E-state index contributed by atoms with van der Waals surface area (Å²) in [5.41, 5.74) is 1.84. The topological polar surface area (TPSA) is 72.7 Å². The maximum absolute atomic E-state index is 15.2. The van der Waals surface area contributed by atoms with Gasteiger partial charge in [-0.05, 0) is 49.6 Å². The molecule has 2 aliphatic rings. The number of hydrogen-bond donors (Lipinski definition) is 2. The number of aliphatic hydroxyl groups is 1. The van der Waals surface area contributed by atoms with E-state index < -0.39 is 17.3 Å². The van der Waals surface area contributed by atoms with Crippen LogP contribution >= 0.6 is 0 Å². The van der Waals surface area contributed by atoms with Crippen molar-refractivity contribution in [2.24, 2.45) is 0 Å². The predicted molar refractivity (Wildman–Crippen MR) is 124 cm³/mol. The Bertz CT molecular complexity index is 1250. The van der Waals surface area contributed by atoms with Gasteiger partial charge in [0.05, 0.1) is 22.7 Å². The van der Waals surface area contributed by atoms with E-state index in [9.17, 15) is 9.90 Å². The third-order valence-corrected chi connectivity index (χ3v) is 6.56. The van der Waals surface area contributed by atoms with Crippen molar-refractivity contribution in [3.8, 4) is 11.5 Å². The molecule has 33 heavy (non-hydrogen) atoms. The fraction of sp³-hybridized carbons (Fsp3) is 0.423. The van der Waals surface area contributed by atoms with Crippen molar-refractivity contribution in [1.82, 2.24) is 4.57 Å². The lowest BCUT2D eigenvalue weighted by Crippen LogP contribution is -2.28. The molecule has 6 nitrogen and oxygen atoms in total. The number of halogens is 1. The summed E-state index contributed by atoms with van der Waals surface area (Å²) < 4.78 is 28.0. The number of carbonyl (C=O) groups excluding carboxylic acids is 1. The van der Waals surface area contributed by atoms with Crippen LogP contribution in [-0.2, 0) is 22.2 Å². The van der Waals surface area contributed by atoms with Crippen LogP contribution in [0.5, 0.6) is 11.5 Å². The van der Waals surface area contributed by atoms with Gasteiger partial charge in [-0.15, -0.1) is 0 Å². The highest BCUT2D eigenvalue weighted by atomic mass is 19.1. The molecule has 0 unspecified atom stereocenters. The van der Waals surface area contributed by atoms with Crippen molar-refractivity contribution < 1.29 is 23.8 Å². The highest BCUT2D eigenvalue weighted by Crippen LogP contribution is 2.51. The van der Waals surface area contributed by atoms with Gasteiger partial charge in [-0.2, -0.15) is 0 Å². The maximum atomic E-state index is 15.2. The number of amides is 1. The van der Waals surface area contributed by atoms with Crippen molar-refractivity contribution in [1.29, 1.82) is 0 Å². The van der Waals surface area contributed by atoms with E-state index in [1.54, 1.807) is 13.0 Å². The van der Waals surface area contributed by atoms with E-state index in [0.717, 1.165) is 16.6 Å². The number of aliphatic hydroxyl groups excluding tert-OH is 1. The predicted octanol–water partition coefficient (Wildman–Crippen LogP) is 4.86. The van der Waals surface area contributed by atoms with Crippen molar-refractivity contribution in [2.45, 2.75) is 64.0 Å². The van der Waals surface area contributed by atoms with E-state index in [0.29, 0.717) is 36.4 Å². The van der Waals surface area contributed by atoms with Gasteiger partial charge in [-0.25, -0.2) is 4.39 Å². The summed E-state index contributed by atoms with van der Waals surface area (Å²) in [4.78, 5) is 13.3. The van der Waals surface area contributed by atoms with Crippen LogP contribution in [0, 0.1) is 5.82 Å². The van der Waals surface area contributed by atoms with Gasteiger partial charge in [0.15, 0.2) is 11.5 Å². The number of ether oxygens (including phenoxy) is 2. The molecule has 174 valence electrons. The van der Waals surface area contributed by atoms with Crippen LogP contribution in [-0.4, -0.2) is 28.5 Å². The smallest absolute Gasteiger partial charge is 0.235 e. The number of rotatable bonds is 5. The lowest BCUT2D eigenvalue weighted by Gasteiger charge is -2.23. The minimum absolute atomic E-state index is 0.161. The molecular weight excluding hydrogens is 423 g/mol. The quantitative estimate of drug-likeness (QED) is 0.580. The standard InChI is InChI=1S/C26H29FN2O4/c1-15(30)13-29-20-12-18(27)19(9-16(20)10-23(29)25(2,3)4)28-24(31)26(7-8-26)17-5-6-21-22(11-17)33-14-32-21/h5-6,9-12,15,30H,7-8,13-14H2,1-4H3,(H,28,31)/t15-/m1/s1. The highest BCUT2D eigenvalue weighted by molar-refractivity contribution is 6.02. The summed E-state index contributed by atoms with van der Waals surface area (Å²) in [7, 11) is 0. The number of nitrogens with zero attached hydrogens (tertiary/aromatic N) is 1. The Kier molecular flexibility index (Phi) is 4.94. The van der Waals surface area contributed by atoms with Gasteiger partial charge in [-0.3, -0.25) is 4.79 Å². The number of hydrogen-bond acceptors (Lipinski definition) is 4. The third kappa shape index (κ3) is 3.74. The number of nitrogens with one attached hydrogen (secondary N) is 1. The van der Waals surface area contributed by atoms with Crippen LogP contribution in [0.1, 0.15) is 51.8 Å². The summed E-state index contributed by atoms with van der Waals surface area (Å²) in [5.74, 6) is 0.581. The Morgan fingerprint density at radius 1 is 1.18 bits per heavy atom. The Hall–Kier alpha value is -3.06. The molecule has 1 aromatic heterocycles. The zero-order valence-corrected chi connectivity index (χ0v) is 19.4. The molecule has 1 amide bonds. The van der Waals surface area contributed by atoms with E-state index in [4.69, 9.17) is 9.47 Å². The van der Waals surface area contributed by atoms with Crippen molar-refractivity contribution in [3.63, 3.8) is 0 Å². The lowest BCUT2D eigenvalue weighted by molar-refractivity contribution is -0.118. The summed E-state index contributed by atoms with van der Waals surface area (Å²) in [6.07, 6.45) is 0.823. The summed E-state index contributed by atoms with van der Waals surface area (Å²) >= 11 is 0. The molecule has 1 aliphatic carbocycles. The van der Waals surface area contributed by atoms with Crippen LogP contribution < -0.4 is 14.8 Å². The molecule has 1 aliphatic heterocycles. The molecule has 2 aromatic carbocycles. The van der Waals surface area contributed by atoms with E-state index in [-0.39, 0.29) is 23.8 Å². The van der Waals surface area contributed by atoms with Gasteiger partial charge in [0.25, 0.3) is 0 Å². The Morgan fingerprint density at radius 2 is 1.91 bits per heavy atom. The second-order valence-corrected chi connectivity index (χ2v) is 10.2. The van der Waals surface area contributed by atoms with Gasteiger partial charge < -0.3 is 24.5 Å². The first kappa shape index (κ1) is 21.8. The number of fused-ring (bicyclic) bond motifs is 2. The van der Waals surface area contributed by atoms with E-state index in [2.05, 4.69) is 26.1 Å². The second kappa shape index (κ2) is 7.48. The summed E-state index contributed by atoms with van der Waals surface area (Å²) in [5, 5.41) is 13.7. The first-order chi connectivity index (χ1) is 15.6. The molecule has 1 atom stereocenters. The van der Waals surface area contributed by atoms with Crippen LogP contribution in [0.15, 0.2) is 36.4 Å². The fourth-order valence-electron chi connectivity index (χ4n) is 4.67. The number of benzene rings is 2. The average Bonchev–Trinajstić information content (AvgIpc) is 3.29. The summed E-state index contributed by atoms with van der Waals surface area (Å²) in [6.45, 7) is 8.51. The van der Waals surface area contributed by atoms with Crippen molar-refractivity contribution >= 4 is 22.5 Å². The number of aromatic nitrogens is 1. The zero-order valence-electron chi connectivity index (χ0n) is 19.4. The molecule has 2 heterocycles. The largest absolute Gasteiger partial charge is 0.454 e. The van der Waals surface area contributed by atoms with Crippen molar-refractivity contribution in [3.05, 3.63) is 53.5 Å². The molecule has 1 saturated carbocycles. The number of anilines is 1. The van der Waals surface area contributed by atoms with E-state index >= 15 is 4.39 Å². The minimum atomic E-state index is -0.683. The minimum Gasteiger partial charge on any atom is -0.454 e. The first-order valence-electron chi connectivity index (χ1n) is 11.3. The Labute approximate surface area is 192 Å². The van der Waals surface area contributed by atoms with Gasteiger partial charge in [-0.1, -0.05) is 26.8 Å². The van der Waals surface area contributed by atoms with Crippen molar-refractivity contribution in [2.75, 3.05) is 12.1 Å². The lowest BCUT2D eigenvalue weighted by atomic mass is 9.92. The molecule has 0 saturated heterocycles. The average molecular weight is 453 g/mol. The molecule has 2 N–H and O–H groups in total. The molecule has 0 spiro atoms.